The standard InChI is InChI=1S/C14H15N5O/c15-10-2-3-11-12(9-17-13(11)8-10)14(20)16-5-7-19-6-1-4-18-19/h1-4,6,8-9,17H,5,7,15H2,(H,16,20). The van der Waals surface area contributed by atoms with Crippen molar-refractivity contribution in [3.63, 3.8) is 0 Å². The minimum atomic E-state index is -0.104. The second kappa shape index (κ2) is 5.08. The molecule has 1 amide bonds. The molecule has 0 bridgehead atoms. The molecule has 2 heterocycles. The number of hydrogen-bond acceptors (Lipinski definition) is 3. The zero-order chi connectivity index (χ0) is 13.9. The number of carbonyl (C=O) groups is 1. The summed E-state index contributed by atoms with van der Waals surface area (Å²) in [5, 5.41) is 7.83. The molecular weight excluding hydrogens is 254 g/mol. The van der Waals surface area contributed by atoms with Crippen molar-refractivity contribution in [1.82, 2.24) is 20.1 Å². The number of anilines is 1. The number of nitrogens with one attached hydrogen (secondary N) is 2. The summed E-state index contributed by atoms with van der Waals surface area (Å²) < 4.78 is 1.77. The van der Waals surface area contributed by atoms with Gasteiger partial charge in [0.15, 0.2) is 0 Å². The Balaban J connectivity index is 1.69. The van der Waals surface area contributed by atoms with E-state index in [0.717, 1.165) is 10.9 Å². The molecular formula is C14H15N5O. The molecule has 102 valence electrons. The van der Waals surface area contributed by atoms with E-state index in [1.807, 2.05) is 24.4 Å². The normalized spacial score (nSPS) is 10.8. The Morgan fingerprint density at radius 3 is 3.15 bits per heavy atom. The Morgan fingerprint density at radius 1 is 1.45 bits per heavy atom. The number of benzene rings is 1. The van der Waals surface area contributed by atoms with Gasteiger partial charge in [-0.3, -0.25) is 9.48 Å². The molecule has 0 radical (unpaired) electrons. The van der Waals surface area contributed by atoms with Gasteiger partial charge < -0.3 is 16.0 Å². The van der Waals surface area contributed by atoms with Crippen molar-refractivity contribution in [3.8, 4) is 0 Å². The van der Waals surface area contributed by atoms with Crippen LogP contribution in [-0.2, 0) is 6.54 Å². The van der Waals surface area contributed by atoms with E-state index in [1.54, 1.807) is 23.1 Å². The first-order valence-electron chi connectivity index (χ1n) is 6.36. The Kier molecular flexibility index (Phi) is 3.12. The largest absolute Gasteiger partial charge is 0.399 e. The first-order chi connectivity index (χ1) is 9.74. The number of H-pyrrole nitrogens is 1. The lowest BCUT2D eigenvalue weighted by Crippen LogP contribution is -2.27. The van der Waals surface area contributed by atoms with Gasteiger partial charge in [0.1, 0.15) is 0 Å². The van der Waals surface area contributed by atoms with Crippen LogP contribution in [0.1, 0.15) is 10.4 Å². The average Bonchev–Trinajstić information content (AvgIpc) is 3.07. The number of nitrogen functional groups attached to an aromatic ring is 1. The molecule has 6 heteroatoms. The summed E-state index contributed by atoms with van der Waals surface area (Å²) in [7, 11) is 0. The number of aromatic nitrogens is 3. The highest BCUT2D eigenvalue weighted by atomic mass is 16.1. The molecule has 0 aliphatic carbocycles. The number of fused-ring (bicyclic) bond motifs is 1. The summed E-state index contributed by atoms with van der Waals surface area (Å²) in [6.45, 7) is 1.18. The molecule has 20 heavy (non-hydrogen) atoms. The third kappa shape index (κ3) is 2.35. The van der Waals surface area contributed by atoms with Gasteiger partial charge >= 0.3 is 0 Å². The Hall–Kier alpha value is -2.76. The third-order valence-electron chi connectivity index (χ3n) is 3.14. The highest BCUT2D eigenvalue weighted by Crippen LogP contribution is 2.20. The molecule has 6 nitrogen and oxygen atoms in total. The molecule has 3 aromatic rings. The Morgan fingerprint density at radius 2 is 2.35 bits per heavy atom. The maximum Gasteiger partial charge on any atom is 0.253 e. The van der Waals surface area contributed by atoms with Gasteiger partial charge in [-0.05, 0) is 24.3 Å². The van der Waals surface area contributed by atoms with E-state index in [-0.39, 0.29) is 5.91 Å². The number of carbonyl (C=O) groups excluding carboxylic acids is 1. The third-order valence-corrected chi connectivity index (χ3v) is 3.14. The average molecular weight is 269 g/mol. The summed E-state index contributed by atoms with van der Waals surface area (Å²) in [5.74, 6) is -0.104. The van der Waals surface area contributed by atoms with Crippen LogP contribution in [0, 0.1) is 0 Å². The summed E-state index contributed by atoms with van der Waals surface area (Å²) in [5.41, 5.74) is 7.87. The van der Waals surface area contributed by atoms with Crippen molar-refractivity contribution < 1.29 is 4.79 Å². The summed E-state index contributed by atoms with van der Waals surface area (Å²) in [6.07, 6.45) is 5.28. The highest BCUT2D eigenvalue weighted by molar-refractivity contribution is 6.07. The zero-order valence-corrected chi connectivity index (χ0v) is 10.8. The molecule has 0 atom stereocenters. The lowest BCUT2D eigenvalue weighted by Gasteiger charge is -2.04. The fraction of sp³-hybridized carbons (Fsp3) is 0.143. The summed E-state index contributed by atoms with van der Waals surface area (Å²) in [4.78, 5) is 15.2. The van der Waals surface area contributed by atoms with Crippen molar-refractivity contribution in [3.05, 3.63) is 48.4 Å². The highest BCUT2D eigenvalue weighted by Gasteiger charge is 2.11. The van der Waals surface area contributed by atoms with Crippen LogP contribution in [-0.4, -0.2) is 27.2 Å². The maximum atomic E-state index is 12.1. The van der Waals surface area contributed by atoms with Gasteiger partial charge in [0, 0.05) is 41.7 Å². The Bertz CT molecular complexity index is 729. The molecule has 0 saturated heterocycles. The molecule has 0 saturated carbocycles. The van der Waals surface area contributed by atoms with E-state index in [2.05, 4.69) is 15.4 Å². The fourth-order valence-electron chi connectivity index (χ4n) is 2.14. The van der Waals surface area contributed by atoms with Gasteiger partial charge in [-0.2, -0.15) is 5.10 Å². The van der Waals surface area contributed by atoms with Crippen molar-refractivity contribution in [2.75, 3.05) is 12.3 Å². The van der Waals surface area contributed by atoms with Crippen LogP contribution in [0.2, 0.25) is 0 Å². The van der Waals surface area contributed by atoms with E-state index >= 15 is 0 Å². The molecule has 0 aliphatic heterocycles. The second-order valence-electron chi connectivity index (χ2n) is 4.53. The topological polar surface area (TPSA) is 88.7 Å². The monoisotopic (exact) mass is 269 g/mol. The molecule has 0 fully saturated rings. The number of rotatable bonds is 4. The fourth-order valence-corrected chi connectivity index (χ4v) is 2.14. The Labute approximate surface area is 115 Å². The van der Waals surface area contributed by atoms with E-state index in [9.17, 15) is 4.79 Å². The van der Waals surface area contributed by atoms with Gasteiger partial charge in [-0.15, -0.1) is 0 Å². The first-order valence-corrected chi connectivity index (χ1v) is 6.36. The van der Waals surface area contributed by atoms with Gasteiger partial charge in [-0.1, -0.05) is 0 Å². The summed E-state index contributed by atoms with van der Waals surface area (Å²) in [6, 6.07) is 7.31. The van der Waals surface area contributed by atoms with Gasteiger partial charge in [-0.25, -0.2) is 0 Å². The number of nitrogens with zero attached hydrogens (tertiary/aromatic N) is 2. The van der Waals surface area contributed by atoms with Crippen molar-refractivity contribution >= 4 is 22.5 Å². The molecule has 0 aliphatic rings. The SMILES string of the molecule is Nc1ccc2c(C(=O)NCCn3cccn3)c[nH]c2c1. The minimum Gasteiger partial charge on any atom is -0.399 e. The van der Waals surface area contributed by atoms with Crippen LogP contribution in [0.3, 0.4) is 0 Å². The van der Waals surface area contributed by atoms with Crippen LogP contribution in [0.5, 0.6) is 0 Å². The molecule has 1 aromatic carbocycles. The zero-order valence-electron chi connectivity index (χ0n) is 10.8. The van der Waals surface area contributed by atoms with Crippen LogP contribution < -0.4 is 11.1 Å². The minimum absolute atomic E-state index is 0.104. The second-order valence-corrected chi connectivity index (χ2v) is 4.53. The van der Waals surface area contributed by atoms with Crippen LogP contribution in [0.25, 0.3) is 10.9 Å². The molecule has 3 rings (SSSR count). The molecule has 4 N–H and O–H groups in total. The summed E-state index contributed by atoms with van der Waals surface area (Å²) >= 11 is 0. The van der Waals surface area contributed by atoms with Crippen molar-refractivity contribution in [2.45, 2.75) is 6.54 Å². The maximum absolute atomic E-state index is 12.1. The molecule has 0 spiro atoms. The van der Waals surface area contributed by atoms with Crippen LogP contribution in [0.4, 0.5) is 5.69 Å². The first kappa shape index (κ1) is 12.3. The number of aromatic amines is 1. The number of nitrogens with two attached hydrogens (primary N) is 1. The lowest BCUT2D eigenvalue weighted by molar-refractivity contribution is 0.0953. The number of amides is 1. The van der Waals surface area contributed by atoms with Gasteiger partial charge in [0.25, 0.3) is 5.91 Å². The van der Waals surface area contributed by atoms with Gasteiger partial charge in [0.2, 0.25) is 0 Å². The van der Waals surface area contributed by atoms with Crippen molar-refractivity contribution in [2.24, 2.45) is 0 Å². The predicted molar refractivity (Wildman–Crippen MR) is 77.3 cm³/mol. The van der Waals surface area contributed by atoms with E-state index in [0.29, 0.717) is 24.3 Å². The van der Waals surface area contributed by atoms with E-state index < -0.39 is 0 Å². The van der Waals surface area contributed by atoms with Crippen LogP contribution >= 0.6 is 0 Å². The van der Waals surface area contributed by atoms with Crippen LogP contribution in [0.15, 0.2) is 42.9 Å². The predicted octanol–water partition coefficient (Wildman–Crippen LogP) is 1.38. The smallest absolute Gasteiger partial charge is 0.253 e. The van der Waals surface area contributed by atoms with Crippen molar-refractivity contribution in [1.29, 1.82) is 0 Å². The quantitative estimate of drug-likeness (QED) is 0.625. The lowest BCUT2D eigenvalue weighted by atomic mass is 10.1. The van der Waals surface area contributed by atoms with E-state index in [4.69, 9.17) is 5.73 Å². The van der Waals surface area contributed by atoms with E-state index in [1.165, 1.54) is 0 Å². The molecule has 2 aromatic heterocycles. The number of hydrogen-bond donors (Lipinski definition) is 3. The molecule has 0 unspecified atom stereocenters. The van der Waals surface area contributed by atoms with Gasteiger partial charge in [0.05, 0.1) is 12.1 Å².